The molecule has 0 bridgehead atoms. The van der Waals surface area contributed by atoms with Gasteiger partial charge in [-0.3, -0.25) is 0 Å². The van der Waals surface area contributed by atoms with Gasteiger partial charge in [0.2, 0.25) is 0 Å². The molecule has 0 saturated carbocycles. The highest BCUT2D eigenvalue weighted by Crippen LogP contribution is 2.28. The van der Waals surface area contributed by atoms with Crippen LogP contribution in [0, 0.1) is 6.92 Å². The van der Waals surface area contributed by atoms with Crippen LogP contribution in [0.2, 0.25) is 0 Å². The average molecular weight is 172 g/mol. The smallest absolute Gasteiger partial charge is 0.140 e. The lowest BCUT2D eigenvalue weighted by molar-refractivity contribution is 0.600. The third kappa shape index (κ3) is 0.773. The summed E-state index contributed by atoms with van der Waals surface area (Å²) in [5.74, 6) is 0. The molecule has 0 fully saturated rings. The Hall–Kier alpha value is -1.70. The minimum Gasteiger partial charge on any atom is -0.464 e. The van der Waals surface area contributed by atoms with Crippen LogP contribution in [0.3, 0.4) is 0 Å². The largest absolute Gasteiger partial charge is 0.464 e. The molecule has 3 rings (SSSR count). The van der Waals surface area contributed by atoms with Crippen LogP contribution in [0.4, 0.5) is 0 Å². The highest BCUT2D eigenvalue weighted by Gasteiger charge is 2.07. The molecular weight excluding hydrogens is 164 g/mol. The van der Waals surface area contributed by atoms with E-state index in [1.165, 1.54) is 0 Å². The van der Waals surface area contributed by atoms with Gasteiger partial charge in [-0.05, 0) is 25.1 Å². The monoisotopic (exact) mass is 172 g/mol. The number of hydrogen-bond acceptors (Lipinski definition) is 2. The van der Waals surface area contributed by atoms with E-state index in [1.807, 2.05) is 19.1 Å². The summed E-state index contributed by atoms with van der Waals surface area (Å²) in [4.78, 5) is 0. The van der Waals surface area contributed by atoms with Gasteiger partial charge < -0.3 is 8.83 Å². The predicted octanol–water partition coefficient (Wildman–Crippen LogP) is 3.49. The van der Waals surface area contributed by atoms with Gasteiger partial charge >= 0.3 is 0 Å². The molecule has 0 atom stereocenters. The minimum atomic E-state index is 0.919. The van der Waals surface area contributed by atoms with Crippen molar-refractivity contribution >= 4 is 21.9 Å². The van der Waals surface area contributed by atoms with Crippen LogP contribution >= 0.6 is 0 Å². The highest BCUT2D eigenvalue weighted by atomic mass is 16.3. The molecule has 0 unspecified atom stereocenters. The lowest BCUT2D eigenvalue weighted by atomic mass is 10.1. The summed E-state index contributed by atoms with van der Waals surface area (Å²) < 4.78 is 10.7. The van der Waals surface area contributed by atoms with Crippen LogP contribution in [0.5, 0.6) is 0 Å². The van der Waals surface area contributed by atoms with Crippen LogP contribution in [-0.2, 0) is 0 Å². The lowest BCUT2D eigenvalue weighted by Gasteiger charge is -1.95. The second-order valence-corrected chi connectivity index (χ2v) is 3.18. The first-order chi connectivity index (χ1) is 6.36. The van der Waals surface area contributed by atoms with Crippen molar-refractivity contribution < 1.29 is 8.83 Å². The van der Waals surface area contributed by atoms with Crippen molar-refractivity contribution in [2.24, 2.45) is 0 Å². The Labute approximate surface area is 74.7 Å². The maximum atomic E-state index is 5.37. The first-order valence-corrected chi connectivity index (χ1v) is 4.20. The fourth-order valence-corrected chi connectivity index (χ4v) is 1.75. The molecule has 0 aliphatic heterocycles. The average Bonchev–Trinajstić information content (AvgIpc) is 2.71. The Bertz CT molecular complexity index is 523. The van der Waals surface area contributed by atoms with Gasteiger partial charge in [0.15, 0.2) is 0 Å². The van der Waals surface area contributed by atoms with E-state index < -0.39 is 0 Å². The molecule has 0 N–H and O–H groups in total. The predicted molar refractivity (Wildman–Crippen MR) is 50.7 cm³/mol. The Kier molecular flexibility index (Phi) is 1.13. The van der Waals surface area contributed by atoms with E-state index in [-0.39, 0.29) is 0 Å². The number of benzene rings is 1. The van der Waals surface area contributed by atoms with Crippen molar-refractivity contribution in [3.63, 3.8) is 0 Å². The van der Waals surface area contributed by atoms with E-state index in [2.05, 4.69) is 6.07 Å². The summed E-state index contributed by atoms with van der Waals surface area (Å²) in [6, 6.07) is 6.01. The molecular formula is C11H8O2. The quantitative estimate of drug-likeness (QED) is 0.518. The van der Waals surface area contributed by atoms with Crippen molar-refractivity contribution in [1.82, 2.24) is 0 Å². The Morgan fingerprint density at radius 1 is 0.923 bits per heavy atom. The molecule has 13 heavy (non-hydrogen) atoms. The zero-order chi connectivity index (χ0) is 8.84. The molecule has 0 saturated heterocycles. The first-order valence-electron chi connectivity index (χ1n) is 4.20. The van der Waals surface area contributed by atoms with Gasteiger partial charge in [0.25, 0.3) is 0 Å². The molecule has 2 aromatic heterocycles. The zero-order valence-corrected chi connectivity index (χ0v) is 7.20. The maximum Gasteiger partial charge on any atom is 0.140 e. The fraction of sp³-hybridized carbons (Fsp3) is 0.0909. The molecule has 0 spiro atoms. The SMILES string of the molecule is Cc1c2occc2cc2ccoc12. The van der Waals surface area contributed by atoms with E-state index in [1.54, 1.807) is 12.5 Å². The van der Waals surface area contributed by atoms with Crippen molar-refractivity contribution in [3.05, 3.63) is 36.3 Å². The molecule has 2 nitrogen and oxygen atoms in total. The summed E-state index contributed by atoms with van der Waals surface area (Å²) in [6.07, 6.45) is 3.41. The minimum absolute atomic E-state index is 0.919. The van der Waals surface area contributed by atoms with Gasteiger partial charge in [0.1, 0.15) is 11.2 Å². The van der Waals surface area contributed by atoms with Gasteiger partial charge in [0, 0.05) is 16.3 Å². The topological polar surface area (TPSA) is 26.3 Å². The van der Waals surface area contributed by atoms with E-state index in [9.17, 15) is 0 Å². The van der Waals surface area contributed by atoms with Crippen LogP contribution in [0.1, 0.15) is 5.56 Å². The molecule has 0 aliphatic carbocycles. The number of fused-ring (bicyclic) bond motifs is 2. The summed E-state index contributed by atoms with van der Waals surface area (Å²) in [5, 5.41) is 2.26. The van der Waals surface area contributed by atoms with Crippen LogP contribution in [0.15, 0.2) is 39.6 Å². The third-order valence-corrected chi connectivity index (χ3v) is 2.38. The standard InChI is InChI=1S/C11H8O2/c1-7-10-8(2-4-12-10)6-9-3-5-13-11(7)9/h2-6H,1H3. The molecule has 64 valence electrons. The summed E-state index contributed by atoms with van der Waals surface area (Å²) in [6.45, 7) is 2.01. The second-order valence-electron chi connectivity index (χ2n) is 3.18. The highest BCUT2D eigenvalue weighted by molar-refractivity contribution is 5.96. The number of furan rings is 2. The van der Waals surface area contributed by atoms with Crippen molar-refractivity contribution in [2.75, 3.05) is 0 Å². The summed E-state index contributed by atoms with van der Waals surface area (Å²) in [5.41, 5.74) is 2.91. The molecule has 2 heteroatoms. The Morgan fingerprint density at radius 2 is 1.46 bits per heavy atom. The molecule has 2 heterocycles. The summed E-state index contributed by atoms with van der Waals surface area (Å²) >= 11 is 0. The maximum absolute atomic E-state index is 5.37. The molecule has 1 aromatic carbocycles. The van der Waals surface area contributed by atoms with Gasteiger partial charge in [-0.1, -0.05) is 0 Å². The Balaban J connectivity index is 2.67. The lowest BCUT2D eigenvalue weighted by Crippen LogP contribution is -1.74. The van der Waals surface area contributed by atoms with Crippen molar-refractivity contribution in [1.29, 1.82) is 0 Å². The van der Waals surface area contributed by atoms with E-state index in [4.69, 9.17) is 8.83 Å². The number of aryl methyl sites for hydroxylation is 1. The molecule has 0 aliphatic rings. The normalized spacial score (nSPS) is 11.5. The van der Waals surface area contributed by atoms with Gasteiger partial charge in [-0.25, -0.2) is 0 Å². The van der Waals surface area contributed by atoms with Gasteiger partial charge in [-0.15, -0.1) is 0 Å². The molecule has 0 radical (unpaired) electrons. The summed E-state index contributed by atoms with van der Waals surface area (Å²) in [7, 11) is 0. The molecule has 0 amide bonds. The third-order valence-electron chi connectivity index (χ3n) is 2.38. The first kappa shape index (κ1) is 6.78. The Morgan fingerprint density at radius 3 is 2.00 bits per heavy atom. The van der Waals surface area contributed by atoms with Crippen LogP contribution in [0.25, 0.3) is 21.9 Å². The van der Waals surface area contributed by atoms with Gasteiger partial charge in [0.05, 0.1) is 12.5 Å². The second kappa shape index (κ2) is 2.16. The van der Waals surface area contributed by atoms with Crippen LogP contribution < -0.4 is 0 Å². The fourth-order valence-electron chi connectivity index (χ4n) is 1.75. The van der Waals surface area contributed by atoms with Crippen molar-refractivity contribution in [3.8, 4) is 0 Å². The van der Waals surface area contributed by atoms with Crippen LogP contribution in [-0.4, -0.2) is 0 Å². The zero-order valence-electron chi connectivity index (χ0n) is 7.20. The van der Waals surface area contributed by atoms with E-state index in [0.717, 1.165) is 27.5 Å². The number of hydrogen-bond donors (Lipinski definition) is 0. The van der Waals surface area contributed by atoms with E-state index in [0.29, 0.717) is 0 Å². The van der Waals surface area contributed by atoms with Gasteiger partial charge in [-0.2, -0.15) is 0 Å². The molecule has 3 aromatic rings. The van der Waals surface area contributed by atoms with E-state index >= 15 is 0 Å². The number of rotatable bonds is 0. The van der Waals surface area contributed by atoms with Crippen molar-refractivity contribution in [2.45, 2.75) is 6.92 Å².